The van der Waals surface area contributed by atoms with Crippen LogP contribution in [-0.2, 0) is 21.9 Å². The summed E-state index contributed by atoms with van der Waals surface area (Å²) in [6, 6.07) is 4.66. The van der Waals surface area contributed by atoms with Gasteiger partial charge in [-0.25, -0.2) is 13.2 Å². The number of hydrogen-bond donors (Lipinski definition) is 1. The van der Waals surface area contributed by atoms with E-state index in [2.05, 4.69) is 5.32 Å². The summed E-state index contributed by atoms with van der Waals surface area (Å²) in [6.45, 7) is 0.560. The van der Waals surface area contributed by atoms with Gasteiger partial charge in [0.2, 0.25) is 15.9 Å². The van der Waals surface area contributed by atoms with E-state index in [0.717, 1.165) is 25.7 Å². The van der Waals surface area contributed by atoms with Gasteiger partial charge in [-0.05, 0) is 37.8 Å². The van der Waals surface area contributed by atoms with Crippen molar-refractivity contribution in [1.82, 2.24) is 14.2 Å². The van der Waals surface area contributed by atoms with E-state index in [4.69, 9.17) is 4.42 Å². The van der Waals surface area contributed by atoms with Gasteiger partial charge in [0.1, 0.15) is 0 Å². The average Bonchev–Trinajstić information content (AvgIpc) is 2.90. The summed E-state index contributed by atoms with van der Waals surface area (Å²) in [5.41, 5.74) is 0.779. The second-order valence-corrected chi connectivity index (χ2v) is 10.4. The number of rotatable bonds is 4. The summed E-state index contributed by atoms with van der Waals surface area (Å²) in [6.07, 6.45) is 8.04. The number of aromatic nitrogens is 1. The molecule has 0 unspecified atom stereocenters. The number of fused-ring (bicyclic) bond motifs is 1. The lowest BCUT2D eigenvalue weighted by Crippen LogP contribution is -2.47. The fraction of sp³-hybridized carbons (Fsp3) is 0.619. The van der Waals surface area contributed by atoms with Gasteiger partial charge in [-0.2, -0.15) is 4.31 Å². The molecule has 0 radical (unpaired) electrons. The Morgan fingerprint density at radius 2 is 1.83 bits per heavy atom. The molecule has 1 saturated carbocycles. The van der Waals surface area contributed by atoms with Crippen LogP contribution in [0.1, 0.15) is 51.4 Å². The summed E-state index contributed by atoms with van der Waals surface area (Å²) in [5.74, 6) is -0.908. The number of nitrogens with one attached hydrogen (secondary N) is 1. The van der Waals surface area contributed by atoms with Crippen molar-refractivity contribution in [1.29, 1.82) is 0 Å². The SMILES string of the molecule is Cn1c(=O)oc2cc(S(=O)(=O)N3CCC[C@H](C(=O)NC4CCCCCC4)C3)ccc21. The van der Waals surface area contributed by atoms with Gasteiger partial charge in [0.25, 0.3) is 0 Å². The maximum absolute atomic E-state index is 13.2. The Bertz CT molecular complexity index is 1080. The van der Waals surface area contributed by atoms with Crippen LogP contribution in [0.2, 0.25) is 0 Å². The lowest BCUT2D eigenvalue weighted by atomic mass is 9.97. The number of sulfonamides is 1. The summed E-state index contributed by atoms with van der Waals surface area (Å²) in [5, 5.41) is 3.16. The predicted octanol–water partition coefficient (Wildman–Crippen LogP) is 2.37. The minimum Gasteiger partial charge on any atom is -0.408 e. The highest BCUT2D eigenvalue weighted by molar-refractivity contribution is 7.89. The molecule has 2 heterocycles. The van der Waals surface area contributed by atoms with Crippen molar-refractivity contribution in [2.75, 3.05) is 13.1 Å². The molecule has 4 rings (SSSR count). The van der Waals surface area contributed by atoms with E-state index in [1.54, 1.807) is 13.1 Å². The van der Waals surface area contributed by atoms with E-state index in [0.29, 0.717) is 24.9 Å². The van der Waals surface area contributed by atoms with E-state index in [1.165, 1.54) is 33.8 Å². The van der Waals surface area contributed by atoms with Crippen molar-refractivity contribution in [2.45, 2.75) is 62.3 Å². The molecular formula is C21H29N3O5S. The Kier molecular flexibility index (Phi) is 6.02. The van der Waals surface area contributed by atoms with E-state index in [-0.39, 0.29) is 34.9 Å². The van der Waals surface area contributed by atoms with Crippen LogP contribution in [0.25, 0.3) is 11.1 Å². The number of carbonyl (C=O) groups excluding carboxylic acids is 1. The van der Waals surface area contributed by atoms with Gasteiger partial charge in [-0.15, -0.1) is 0 Å². The van der Waals surface area contributed by atoms with E-state index in [9.17, 15) is 18.0 Å². The zero-order valence-corrected chi connectivity index (χ0v) is 18.1. The molecule has 9 heteroatoms. The standard InChI is InChI=1S/C21H29N3O5S/c1-23-18-11-10-17(13-19(18)29-21(23)26)30(27,28)24-12-6-7-15(14-24)20(25)22-16-8-4-2-3-5-9-16/h10-11,13,15-16H,2-9,12,14H2,1H3,(H,22,25)/t15-/m0/s1. The predicted molar refractivity (Wildman–Crippen MR) is 113 cm³/mol. The molecule has 1 saturated heterocycles. The Morgan fingerprint density at radius 1 is 1.10 bits per heavy atom. The monoisotopic (exact) mass is 435 g/mol. The maximum Gasteiger partial charge on any atom is 0.419 e. The lowest BCUT2D eigenvalue weighted by molar-refractivity contribution is -0.126. The number of aryl methyl sites for hydroxylation is 1. The van der Waals surface area contributed by atoms with Gasteiger partial charge in [0, 0.05) is 32.2 Å². The molecule has 30 heavy (non-hydrogen) atoms. The molecule has 1 aliphatic heterocycles. The molecule has 1 amide bonds. The number of amides is 1. The summed E-state index contributed by atoms with van der Waals surface area (Å²) in [7, 11) is -2.21. The fourth-order valence-electron chi connectivity index (χ4n) is 4.54. The van der Waals surface area contributed by atoms with Crippen molar-refractivity contribution in [3.8, 4) is 0 Å². The molecule has 8 nitrogen and oxygen atoms in total. The maximum atomic E-state index is 13.2. The van der Waals surface area contributed by atoms with Gasteiger partial charge >= 0.3 is 5.76 Å². The molecule has 1 N–H and O–H groups in total. The lowest BCUT2D eigenvalue weighted by Gasteiger charge is -2.32. The molecule has 2 fully saturated rings. The number of piperidine rings is 1. The zero-order chi connectivity index (χ0) is 21.3. The number of oxazole rings is 1. The third-order valence-electron chi connectivity index (χ3n) is 6.36. The third kappa shape index (κ3) is 4.18. The van der Waals surface area contributed by atoms with Crippen LogP contribution < -0.4 is 11.1 Å². The van der Waals surface area contributed by atoms with Crippen LogP contribution in [0.15, 0.2) is 32.3 Å². The molecule has 1 aromatic carbocycles. The largest absolute Gasteiger partial charge is 0.419 e. The third-order valence-corrected chi connectivity index (χ3v) is 8.22. The topological polar surface area (TPSA) is 102 Å². The van der Waals surface area contributed by atoms with Gasteiger partial charge in [0.05, 0.1) is 16.3 Å². The second kappa shape index (κ2) is 8.55. The van der Waals surface area contributed by atoms with Gasteiger partial charge in [-0.3, -0.25) is 9.36 Å². The molecular weight excluding hydrogens is 406 g/mol. The van der Waals surface area contributed by atoms with Crippen LogP contribution in [0.4, 0.5) is 0 Å². The fourth-order valence-corrected chi connectivity index (χ4v) is 6.08. The highest BCUT2D eigenvalue weighted by atomic mass is 32.2. The Balaban J connectivity index is 1.49. The zero-order valence-electron chi connectivity index (χ0n) is 17.3. The quantitative estimate of drug-likeness (QED) is 0.743. The van der Waals surface area contributed by atoms with Crippen LogP contribution >= 0.6 is 0 Å². The molecule has 0 bridgehead atoms. The average molecular weight is 436 g/mol. The van der Waals surface area contributed by atoms with Crippen LogP contribution in [0, 0.1) is 5.92 Å². The molecule has 1 aliphatic carbocycles. The summed E-state index contributed by atoms with van der Waals surface area (Å²) in [4.78, 5) is 24.6. The number of nitrogens with zero attached hydrogens (tertiary/aromatic N) is 2. The van der Waals surface area contributed by atoms with Crippen molar-refractivity contribution >= 4 is 27.0 Å². The first-order chi connectivity index (χ1) is 14.4. The molecule has 1 atom stereocenters. The Hall–Kier alpha value is -2.13. The smallest absolute Gasteiger partial charge is 0.408 e. The van der Waals surface area contributed by atoms with Crippen molar-refractivity contribution in [2.24, 2.45) is 13.0 Å². The van der Waals surface area contributed by atoms with Gasteiger partial charge in [-0.1, -0.05) is 25.7 Å². The van der Waals surface area contributed by atoms with Crippen molar-refractivity contribution in [3.05, 3.63) is 28.7 Å². The first-order valence-corrected chi connectivity index (χ1v) is 12.2. The molecule has 2 aliphatic rings. The van der Waals surface area contributed by atoms with Crippen molar-refractivity contribution in [3.63, 3.8) is 0 Å². The van der Waals surface area contributed by atoms with E-state index < -0.39 is 15.8 Å². The minimum atomic E-state index is -3.78. The van der Waals surface area contributed by atoms with E-state index >= 15 is 0 Å². The van der Waals surface area contributed by atoms with E-state index in [1.807, 2.05) is 0 Å². The number of benzene rings is 1. The summed E-state index contributed by atoms with van der Waals surface area (Å²) < 4.78 is 34.2. The first kappa shape index (κ1) is 21.1. The second-order valence-electron chi connectivity index (χ2n) is 8.46. The molecule has 1 aromatic heterocycles. The van der Waals surface area contributed by atoms with Crippen LogP contribution in [-0.4, -0.2) is 42.3 Å². The van der Waals surface area contributed by atoms with Gasteiger partial charge < -0.3 is 9.73 Å². The van der Waals surface area contributed by atoms with Gasteiger partial charge in [0.15, 0.2) is 5.58 Å². The van der Waals surface area contributed by atoms with Crippen molar-refractivity contribution < 1.29 is 17.6 Å². The summed E-state index contributed by atoms with van der Waals surface area (Å²) >= 11 is 0. The number of hydrogen-bond acceptors (Lipinski definition) is 5. The number of carbonyl (C=O) groups is 1. The Labute approximate surface area is 176 Å². The normalized spacial score (nSPS) is 22.1. The molecule has 0 spiro atoms. The first-order valence-electron chi connectivity index (χ1n) is 10.8. The van der Waals surface area contributed by atoms with Crippen LogP contribution in [0.3, 0.4) is 0 Å². The molecule has 2 aromatic rings. The highest BCUT2D eigenvalue weighted by Gasteiger charge is 2.34. The van der Waals surface area contributed by atoms with Crippen LogP contribution in [0.5, 0.6) is 0 Å². The highest BCUT2D eigenvalue weighted by Crippen LogP contribution is 2.26. The minimum absolute atomic E-state index is 0.0358. The Morgan fingerprint density at radius 3 is 2.57 bits per heavy atom. The molecule has 164 valence electrons.